The first-order valence-electron chi connectivity index (χ1n) is 4.21. The highest BCUT2D eigenvalue weighted by Crippen LogP contribution is 2.23. The smallest absolute Gasteiger partial charge is 0.227 e. The highest BCUT2D eigenvalue weighted by atomic mass is 16.3. The van der Waals surface area contributed by atoms with Crippen molar-refractivity contribution in [2.45, 2.75) is 6.42 Å². The molecule has 1 amide bonds. The number of aliphatic hydroxyl groups excluding tert-OH is 1. The summed E-state index contributed by atoms with van der Waals surface area (Å²) in [5.41, 5.74) is 0.779. The molecule has 0 saturated carbocycles. The van der Waals surface area contributed by atoms with E-state index in [9.17, 15) is 4.79 Å². The normalized spacial score (nSPS) is 22.7. The summed E-state index contributed by atoms with van der Waals surface area (Å²) in [6, 6.07) is 0. The van der Waals surface area contributed by atoms with E-state index in [-0.39, 0.29) is 18.4 Å². The van der Waals surface area contributed by atoms with Crippen LogP contribution < -0.4 is 4.90 Å². The van der Waals surface area contributed by atoms with Crippen LogP contribution in [0.2, 0.25) is 0 Å². The van der Waals surface area contributed by atoms with Gasteiger partial charge in [-0.3, -0.25) is 9.89 Å². The van der Waals surface area contributed by atoms with Gasteiger partial charge in [-0.15, -0.1) is 0 Å². The Labute approximate surface area is 75.4 Å². The predicted molar refractivity (Wildman–Crippen MR) is 46.1 cm³/mol. The summed E-state index contributed by atoms with van der Waals surface area (Å²) >= 11 is 0. The number of anilines is 1. The number of carbonyl (C=O) groups excluding carboxylic acids is 1. The fourth-order valence-electron chi connectivity index (χ4n) is 1.55. The predicted octanol–water partition coefficient (Wildman–Crippen LogP) is -0.245. The molecule has 5 nitrogen and oxygen atoms in total. The number of aromatic amines is 1. The third-order valence-corrected chi connectivity index (χ3v) is 2.26. The van der Waals surface area contributed by atoms with Gasteiger partial charge in [0.25, 0.3) is 0 Å². The molecule has 1 aliphatic rings. The summed E-state index contributed by atoms with van der Waals surface area (Å²) < 4.78 is 0. The standard InChI is InChI=1S/C8H11N3O2/c12-5-6-1-8(13)11(4-6)7-2-9-10-3-7/h2-3,6,12H,1,4-5H2,(H,9,10). The molecular weight excluding hydrogens is 170 g/mol. The number of aromatic nitrogens is 2. The zero-order valence-corrected chi connectivity index (χ0v) is 7.10. The maximum Gasteiger partial charge on any atom is 0.227 e. The van der Waals surface area contributed by atoms with Gasteiger partial charge in [0.15, 0.2) is 0 Å². The van der Waals surface area contributed by atoms with Crippen molar-refractivity contribution in [1.82, 2.24) is 10.2 Å². The summed E-state index contributed by atoms with van der Waals surface area (Å²) in [5, 5.41) is 15.3. The second-order valence-electron chi connectivity index (χ2n) is 3.21. The second-order valence-corrected chi connectivity index (χ2v) is 3.21. The number of hydrogen-bond donors (Lipinski definition) is 2. The topological polar surface area (TPSA) is 69.2 Å². The maximum atomic E-state index is 11.4. The molecule has 1 fully saturated rings. The van der Waals surface area contributed by atoms with E-state index in [2.05, 4.69) is 10.2 Å². The van der Waals surface area contributed by atoms with Crippen LogP contribution in [0.5, 0.6) is 0 Å². The lowest BCUT2D eigenvalue weighted by molar-refractivity contribution is -0.117. The monoisotopic (exact) mass is 181 g/mol. The SMILES string of the molecule is O=C1CC(CO)CN1c1cn[nH]c1. The van der Waals surface area contributed by atoms with E-state index < -0.39 is 0 Å². The van der Waals surface area contributed by atoms with E-state index in [1.165, 1.54) is 0 Å². The van der Waals surface area contributed by atoms with Gasteiger partial charge in [-0.25, -0.2) is 0 Å². The first-order chi connectivity index (χ1) is 6.31. The molecule has 1 aliphatic heterocycles. The average molecular weight is 181 g/mol. The summed E-state index contributed by atoms with van der Waals surface area (Å²) in [6.07, 6.45) is 3.72. The van der Waals surface area contributed by atoms with Crippen molar-refractivity contribution >= 4 is 11.6 Å². The zero-order chi connectivity index (χ0) is 9.26. The van der Waals surface area contributed by atoms with E-state index in [4.69, 9.17) is 5.11 Å². The lowest BCUT2D eigenvalue weighted by Crippen LogP contribution is -2.24. The number of nitrogens with zero attached hydrogens (tertiary/aromatic N) is 2. The molecule has 2 rings (SSSR count). The lowest BCUT2D eigenvalue weighted by atomic mass is 10.1. The van der Waals surface area contributed by atoms with Crippen molar-refractivity contribution in [2.75, 3.05) is 18.1 Å². The third-order valence-electron chi connectivity index (χ3n) is 2.26. The molecule has 5 heteroatoms. The van der Waals surface area contributed by atoms with Crippen molar-refractivity contribution in [2.24, 2.45) is 5.92 Å². The minimum atomic E-state index is 0.0560. The Bertz CT molecular complexity index is 296. The summed E-state index contributed by atoms with van der Waals surface area (Å²) in [6.45, 7) is 0.662. The van der Waals surface area contributed by atoms with Crippen LogP contribution in [0.25, 0.3) is 0 Å². The fourth-order valence-corrected chi connectivity index (χ4v) is 1.55. The van der Waals surface area contributed by atoms with Crippen LogP contribution in [0.3, 0.4) is 0 Å². The summed E-state index contributed by atoms with van der Waals surface area (Å²) in [5.74, 6) is 0.128. The summed E-state index contributed by atoms with van der Waals surface area (Å²) in [7, 11) is 0. The Hall–Kier alpha value is -1.36. The van der Waals surface area contributed by atoms with Gasteiger partial charge in [-0.2, -0.15) is 5.10 Å². The molecule has 2 N–H and O–H groups in total. The quantitative estimate of drug-likeness (QED) is 0.661. The third kappa shape index (κ3) is 1.42. The van der Waals surface area contributed by atoms with Gasteiger partial charge in [0.05, 0.1) is 11.9 Å². The van der Waals surface area contributed by atoms with Crippen molar-refractivity contribution in [1.29, 1.82) is 0 Å². The van der Waals surface area contributed by atoms with Crippen LogP contribution in [0.4, 0.5) is 5.69 Å². The van der Waals surface area contributed by atoms with E-state index in [0.717, 1.165) is 5.69 Å². The van der Waals surface area contributed by atoms with Crippen LogP contribution in [0.1, 0.15) is 6.42 Å². The number of amides is 1. The molecule has 1 aromatic rings. The van der Waals surface area contributed by atoms with Crippen LogP contribution in [-0.2, 0) is 4.79 Å². The van der Waals surface area contributed by atoms with E-state index in [1.54, 1.807) is 17.3 Å². The molecule has 0 aliphatic carbocycles. The number of carbonyl (C=O) groups is 1. The molecular formula is C8H11N3O2. The largest absolute Gasteiger partial charge is 0.396 e. The second kappa shape index (κ2) is 3.18. The molecule has 13 heavy (non-hydrogen) atoms. The number of nitrogens with one attached hydrogen (secondary N) is 1. The van der Waals surface area contributed by atoms with Crippen LogP contribution >= 0.6 is 0 Å². The Kier molecular flexibility index (Phi) is 2.02. The molecule has 1 aromatic heterocycles. The van der Waals surface area contributed by atoms with Crippen LogP contribution in [0.15, 0.2) is 12.4 Å². The molecule has 2 heterocycles. The van der Waals surface area contributed by atoms with Gasteiger partial charge in [-0.1, -0.05) is 0 Å². The van der Waals surface area contributed by atoms with Gasteiger partial charge in [-0.05, 0) is 0 Å². The highest BCUT2D eigenvalue weighted by molar-refractivity contribution is 5.95. The lowest BCUT2D eigenvalue weighted by Gasteiger charge is -2.12. The van der Waals surface area contributed by atoms with Gasteiger partial charge >= 0.3 is 0 Å². The number of aliphatic hydroxyl groups is 1. The fraction of sp³-hybridized carbons (Fsp3) is 0.500. The molecule has 0 spiro atoms. The molecule has 1 atom stereocenters. The van der Waals surface area contributed by atoms with Crippen LogP contribution in [-0.4, -0.2) is 34.4 Å². The molecule has 1 saturated heterocycles. The van der Waals surface area contributed by atoms with E-state index in [1.807, 2.05) is 0 Å². The Morgan fingerprint density at radius 2 is 2.62 bits per heavy atom. The van der Waals surface area contributed by atoms with Crippen molar-refractivity contribution < 1.29 is 9.90 Å². The van der Waals surface area contributed by atoms with Crippen molar-refractivity contribution in [3.63, 3.8) is 0 Å². The number of hydrogen-bond acceptors (Lipinski definition) is 3. The minimum absolute atomic E-state index is 0.0560. The van der Waals surface area contributed by atoms with Gasteiger partial charge in [0.1, 0.15) is 0 Å². The Morgan fingerprint density at radius 1 is 1.77 bits per heavy atom. The van der Waals surface area contributed by atoms with Gasteiger partial charge in [0.2, 0.25) is 5.91 Å². The van der Waals surface area contributed by atoms with Crippen molar-refractivity contribution in [3.8, 4) is 0 Å². The molecule has 1 unspecified atom stereocenters. The van der Waals surface area contributed by atoms with E-state index >= 15 is 0 Å². The Balaban J connectivity index is 2.14. The molecule has 0 bridgehead atoms. The summed E-state index contributed by atoms with van der Waals surface area (Å²) in [4.78, 5) is 13.1. The maximum absolute atomic E-state index is 11.4. The molecule has 0 aromatic carbocycles. The number of H-pyrrole nitrogens is 1. The minimum Gasteiger partial charge on any atom is -0.396 e. The molecule has 0 radical (unpaired) electrons. The first-order valence-corrected chi connectivity index (χ1v) is 4.21. The van der Waals surface area contributed by atoms with Crippen LogP contribution in [0, 0.1) is 5.92 Å². The highest BCUT2D eigenvalue weighted by Gasteiger charge is 2.30. The van der Waals surface area contributed by atoms with E-state index in [0.29, 0.717) is 13.0 Å². The van der Waals surface area contributed by atoms with Gasteiger partial charge < -0.3 is 10.0 Å². The molecule has 70 valence electrons. The Morgan fingerprint density at radius 3 is 3.15 bits per heavy atom. The zero-order valence-electron chi connectivity index (χ0n) is 7.10. The first kappa shape index (κ1) is 8.25. The number of rotatable bonds is 2. The van der Waals surface area contributed by atoms with Gasteiger partial charge in [0, 0.05) is 31.7 Å². The average Bonchev–Trinajstić information content (AvgIpc) is 2.72. The van der Waals surface area contributed by atoms with Crippen molar-refractivity contribution in [3.05, 3.63) is 12.4 Å².